The zero-order chi connectivity index (χ0) is 13.9. The quantitative estimate of drug-likeness (QED) is 0.892. The molecule has 2 N–H and O–H groups in total. The molecule has 1 aliphatic rings. The fourth-order valence-corrected chi connectivity index (χ4v) is 2.66. The van der Waals surface area contributed by atoms with E-state index in [1.54, 1.807) is 0 Å². The molecule has 1 unspecified atom stereocenters. The van der Waals surface area contributed by atoms with Gasteiger partial charge in [-0.2, -0.15) is 13.2 Å². The zero-order valence-electron chi connectivity index (χ0n) is 10.1. The number of halogens is 3. The van der Waals surface area contributed by atoms with Crippen molar-refractivity contribution in [2.24, 2.45) is 0 Å². The van der Waals surface area contributed by atoms with Gasteiger partial charge < -0.3 is 10.6 Å². The summed E-state index contributed by atoms with van der Waals surface area (Å²) < 4.78 is 37.0. The Balaban J connectivity index is 1.78. The Hall–Kier alpha value is -1.15. The smallest absolute Gasteiger partial charge is 0.350 e. The lowest BCUT2D eigenvalue weighted by molar-refractivity contribution is -0.140. The van der Waals surface area contributed by atoms with Crippen molar-refractivity contribution in [2.75, 3.05) is 6.54 Å². The van der Waals surface area contributed by atoms with E-state index in [9.17, 15) is 18.0 Å². The lowest BCUT2D eigenvalue weighted by atomic mass is 10.1. The summed E-state index contributed by atoms with van der Waals surface area (Å²) in [6.45, 7) is 0.964. The Kier molecular flexibility index (Phi) is 4.41. The highest BCUT2D eigenvalue weighted by Gasteiger charge is 2.33. The van der Waals surface area contributed by atoms with E-state index < -0.39 is 11.9 Å². The molecule has 1 aromatic heterocycles. The van der Waals surface area contributed by atoms with E-state index in [0.29, 0.717) is 6.42 Å². The molecule has 19 heavy (non-hydrogen) atoms. The van der Waals surface area contributed by atoms with Gasteiger partial charge in [-0.3, -0.25) is 4.79 Å². The monoisotopic (exact) mass is 293 g/mol. The number of alkyl halides is 3. The standard InChI is InChI=1S/C11H14F3N3OS/c12-11(13,14)8-6-19-10(17-8)5-16-9(18)4-7-2-1-3-15-7/h6-7,15H,1-5H2,(H,16,18). The molecule has 1 amide bonds. The van der Waals surface area contributed by atoms with Crippen LogP contribution in [0.25, 0.3) is 0 Å². The van der Waals surface area contributed by atoms with Crippen molar-refractivity contribution in [3.8, 4) is 0 Å². The van der Waals surface area contributed by atoms with Gasteiger partial charge in [-0.15, -0.1) is 11.3 Å². The van der Waals surface area contributed by atoms with Gasteiger partial charge in [-0.05, 0) is 19.4 Å². The molecule has 0 aromatic carbocycles. The normalized spacial score (nSPS) is 19.6. The molecule has 0 bridgehead atoms. The molecule has 0 saturated carbocycles. The summed E-state index contributed by atoms with van der Waals surface area (Å²) in [6.07, 6.45) is -2.05. The maximum absolute atomic E-state index is 12.3. The predicted octanol–water partition coefficient (Wildman–Crippen LogP) is 1.92. The third-order valence-corrected chi connectivity index (χ3v) is 3.72. The highest BCUT2D eigenvalue weighted by atomic mass is 32.1. The van der Waals surface area contributed by atoms with Gasteiger partial charge in [0.1, 0.15) is 5.01 Å². The van der Waals surface area contributed by atoms with E-state index in [-0.39, 0.29) is 23.5 Å². The van der Waals surface area contributed by atoms with Crippen LogP contribution in [0.5, 0.6) is 0 Å². The van der Waals surface area contributed by atoms with Crippen LogP contribution in [0.4, 0.5) is 13.2 Å². The highest BCUT2D eigenvalue weighted by molar-refractivity contribution is 7.09. The molecule has 1 saturated heterocycles. The fourth-order valence-electron chi connectivity index (χ4n) is 1.92. The first-order chi connectivity index (χ1) is 8.95. The number of hydrogen-bond acceptors (Lipinski definition) is 4. The summed E-state index contributed by atoms with van der Waals surface area (Å²) in [4.78, 5) is 15.0. The summed E-state index contributed by atoms with van der Waals surface area (Å²) in [5.74, 6) is -0.164. The topological polar surface area (TPSA) is 54.0 Å². The average molecular weight is 293 g/mol. The van der Waals surface area contributed by atoms with Crippen molar-refractivity contribution >= 4 is 17.2 Å². The second-order valence-electron chi connectivity index (χ2n) is 4.40. The van der Waals surface area contributed by atoms with Crippen molar-refractivity contribution in [3.63, 3.8) is 0 Å². The van der Waals surface area contributed by atoms with Crippen LogP contribution in [-0.2, 0) is 17.5 Å². The van der Waals surface area contributed by atoms with Crippen LogP contribution < -0.4 is 10.6 Å². The maximum atomic E-state index is 12.3. The molecule has 8 heteroatoms. The Labute approximate surface area is 112 Å². The highest BCUT2D eigenvalue weighted by Crippen LogP contribution is 2.29. The number of carbonyl (C=O) groups excluding carboxylic acids is 1. The minimum atomic E-state index is -4.42. The van der Waals surface area contributed by atoms with E-state index >= 15 is 0 Å². The predicted molar refractivity (Wildman–Crippen MR) is 64.6 cm³/mol. The second-order valence-corrected chi connectivity index (χ2v) is 5.34. The third-order valence-electron chi connectivity index (χ3n) is 2.87. The van der Waals surface area contributed by atoms with Crippen LogP contribution in [0.3, 0.4) is 0 Å². The number of hydrogen-bond donors (Lipinski definition) is 2. The summed E-state index contributed by atoms with van der Waals surface area (Å²) in [5, 5.41) is 7.00. The van der Waals surface area contributed by atoms with Gasteiger partial charge in [0.05, 0.1) is 6.54 Å². The van der Waals surface area contributed by atoms with E-state index in [1.807, 2.05) is 0 Å². The first-order valence-corrected chi connectivity index (χ1v) is 6.85. The molecule has 0 radical (unpaired) electrons. The maximum Gasteiger partial charge on any atom is 0.434 e. The third kappa shape index (κ3) is 4.17. The van der Waals surface area contributed by atoms with E-state index in [2.05, 4.69) is 15.6 Å². The number of amides is 1. The second kappa shape index (κ2) is 5.87. The molecule has 1 atom stereocenters. The number of carbonyl (C=O) groups is 1. The molecule has 2 rings (SSSR count). The Morgan fingerprint density at radius 3 is 2.95 bits per heavy atom. The van der Waals surface area contributed by atoms with Crippen LogP contribution in [0.2, 0.25) is 0 Å². The summed E-state index contributed by atoms with van der Waals surface area (Å²) in [7, 11) is 0. The molecule has 1 fully saturated rings. The van der Waals surface area contributed by atoms with Crippen LogP contribution in [0.1, 0.15) is 30.0 Å². The van der Waals surface area contributed by atoms with Gasteiger partial charge in [-0.1, -0.05) is 0 Å². The molecule has 4 nitrogen and oxygen atoms in total. The molecule has 0 spiro atoms. The number of aromatic nitrogens is 1. The van der Waals surface area contributed by atoms with Crippen molar-refractivity contribution < 1.29 is 18.0 Å². The van der Waals surface area contributed by atoms with Crippen LogP contribution >= 0.6 is 11.3 Å². The molecule has 2 heterocycles. The minimum absolute atomic E-state index is 0.0479. The van der Waals surface area contributed by atoms with Crippen LogP contribution in [0.15, 0.2) is 5.38 Å². The van der Waals surface area contributed by atoms with Crippen molar-refractivity contribution in [1.82, 2.24) is 15.6 Å². The number of nitrogens with zero attached hydrogens (tertiary/aromatic N) is 1. The van der Waals surface area contributed by atoms with E-state index in [1.165, 1.54) is 0 Å². The molecule has 1 aliphatic heterocycles. The Morgan fingerprint density at radius 2 is 2.37 bits per heavy atom. The first kappa shape index (κ1) is 14.3. The van der Waals surface area contributed by atoms with Crippen molar-refractivity contribution in [2.45, 2.75) is 38.0 Å². The number of rotatable bonds is 4. The van der Waals surface area contributed by atoms with Gasteiger partial charge in [0.15, 0.2) is 5.69 Å². The fraction of sp³-hybridized carbons (Fsp3) is 0.636. The molecule has 0 aliphatic carbocycles. The van der Waals surface area contributed by atoms with Gasteiger partial charge in [0.25, 0.3) is 0 Å². The molecular formula is C11H14F3N3OS. The summed E-state index contributed by atoms with van der Waals surface area (Å²) in [5.41, 5.74) is -0.904. The van der Waals surface area contributed by atoms with Gasteiger partial charge in [-0.25, -0.2) is 4.98 Å². The SMILES string of the molecule is O=C(CC1CCCN1)NCc1nc(C(F)(F)F)cs1. The average Bonchev–Trinajstić information content (AvgIpc) is 2.95. The number of nitrogens with one attached hydrogen (secondary N) is 2. The lowest BCUT2D eigenvalue weighted by Gasteiger charge is -2.09. The molecular weight excluding hydrogens is 279 g/mol. The minimum Gasteiger partial charge on any atom is -0.350 e. The molecule has 106 valence electrons. The Bertz CT molecular complexity index is 441. The van der Waals surface area contributed by atoms with Crippen LogP contribution in [0, 0.1) is 0 Å². The van der Waals surface area contributed by atoms with Crippen molar-refractivity contribution in [3.05, 3.63) is 16.1 Å². The number of thiazole rings is 1. The van der Waals surface area contributed by atoms with Gasteiger partial charge >= 0.3 is 6.18 Å². The van der Waals surface area contributed by atoms with Crippen molar-refractivity contribution in [1.29, 1.82) is 0 Å². The largest absolute Gasteiger partial charge is 0.434 e. The first-order valence-electron chi connectivity index (χ1n) is 5.97. The van der Waals surface area contributed by atoms with E-state index in [4.69, 9.17) is 0 Å². The summed E-state index contributed by atoms with van der Waals surface area (Å²) >= 11 is 0.900. The zero-order valence-corrected chi connectivity index (χ0v) is 10.9. The van der Waals surface area contributed by atoms with Gasteiger partial charge in [0.2, 0.25) is 5.91 Å². The summed E-state index contributed by atoms with van der Waals surface area (Å²) in [6, 6.07) is 0.182. The Morgan fingerprint density at radius 1 is 1.58 bits per heavy atom. The lowest BCUT2D eigenvalue weighted by Crippen LogP contribution is -2.31. The van der Waals surface area contributed by atoms with Crippen LogP contribution in [-0.4, -0.2) is 23.5 Å². The van der Waals surface area contributed by atoms with Gasteiger partial charge in [0, 0.05) is 17.8 Å². The molecule has 1 aromatic rings. The van der Waals surface area contributed by atoms with E-state index in [0.717, 1.165) is 36.1 Å².